The molecule has 1 aliphatic heterocycles. The average Bonchev–Trinajstić information content (AvgIpc) is 2.40. The summed E-state index contributed by atoms with van der Waals surface area (Å²) in [5.41, 5.74) is -0.000763. The molecular weight excluding hydrogens is 242 g/mol. The summed E-state index contributed by atoms with van der Waals surface area (Å²) in [4.78, 5) is 13.5. The van der Waals surface area contributed by atoms with Crippen molar-refractivity contribution < 1.29 is 9.90 Å². The molecule has 0 spiro atoms. The molecule has 3 N–H and O–H groups in total. The topological polar surface area (TPSA) is 64.6 Å². The lowest BCUT2D eigenvalue weighted by Gasteiger charge is -2.51. The van der Waals surface area contributed by atoms with Gasteiger partial charge in [0, 0.05) is 37.6 Å². The predicted molar refractivity (Wildman–Crippen MR) is 74.9 cm³/mol. The second-order valence-electron chi connectivity index (χ2n) is 6.52. The van der Waals surface area contributed by atoms with Gasteiger partial charge in [0.05, 0.1) is 12.6 Å². The average molecular weight is 269 g/mol. The molecule has 2 fully saturated rings. The Morgan fingerprint density at radius 3 is 2.47 bits per heavy atom. The quantitative estimate of drug-likeness (QED) is 0.669. The number of nitrogens with one attached hydrogen (secondary N) is 2. The highest BCUT2D eigenvalue weighted by Gasteiger charge is 2.47. The largest absolute Gasteiger partial charge is 0.392 e. The summed E-state index contributed by atoms with van der Waals surface area (Å²) in [5, 5.41) is 16.1. The van der Waals surface area contributed by atoms with Gasteiger partial charge in [-0.3, -0.25) is 9.69 Å². The van der Waals surface area contributed by atoms with Gasteiger partial charge in [-0.1, -0.05) is 13.8 Å². The van der Waals surface area contributed by atoms with E-state index in [0.717, 1.165) is 32.4 Å². The van der Waals surface area contributed by atoms with Crippen molar-refractivity contribution in [3.63, 3.8) is 0 Å². The Morgan fingerprint density at radius 2 is 2.00 bits per heavy atom. The van der Waals surface area contributed by atoms with Crippen LogP contribution < -0.4 is 10.6 Å². The highest BCUT2D eigenvalue weighted by atomic mass is 16.3. The van der Waals surface area contributed by atoms with Crippen LogP contribution in [0.25, 0.3) is 0 Å². The Morgan fingerprint density at radius 1 is 1.37 bits per heavy atom. The molecule has 19 heavy (non-hydrogen) atoms. The molecule has 0 bridgehead atoms. The van der Waals surface area contributed by atoms with Crippen molar-refractivity contribution in [2.75, 3.05) is 26.7 Å². The molecule has 0 radical (unpaired) electrons. The maximum Gasteiger partial charge on any atom is 0.233 e. The molecule has 110 valence electrons. The molecular formula is C14H27N3O2. The van der Waals surface area contributed by atoms with Gasteiger partial charge in [0.1, 0.15) is 0 Å². The summed E-state index contributed by atoms with van der Waals surface area (Å²) < 4.78 is 0. The van der Waals surface area contributed by atoms with Crippen LogP contribution in [0.15, 0.2) is 0 Å². The van der Waals surface area contributed by atoms with Crippen molar-refractivity contribution >= 4 is 5.91 Å². The van der Waals surface area contributed by atoms with Crippen molar-refractivity contribution in [3.8, 4) is 0 Å². The number of likely N-dealkylation sites (tertiary alicyclic amines) is 1. The van der Waals surface area contributed by atoms with E-state index >= 15 is 0 Å². The number of aliphatic hydroxyl groups is 1. The number of likely N-dealkylation sites (N-methyl/N-ethyl adjacent to an activating group) is 1. The molecule has 0 aromatic heterocycles. The minimum atomic E-state index is -0.168. The molecule has 1 aliphatic carbocycles. The zero-order chi connectivity index (χ0) is 14.0. The minimum Gasteiger partial charge on any atom is -0.392 e. The van der Waals surface area contributed by atoms with E-state index < -0.39 is 0 Å². The van der Waals surface area contributed by atoms with Crippen LogP contribution in [-0.2, 0) is 4.79 Å². The van der Waals surface area contributed by atoms with Crippen molar-refractivity contribution in [1.29, 1.82) is 0 Å². The maximum absolute atomic E-state index is 11.3. The van der Waals surface area contributed by atoms with E-state index in [1.165, 1.54) is 0 Å². The third kappa shape index (κ3) is 3.27. The lowest BCUT2D eigenvalue weighted by atomic mass is 9.64. The maximum atomic E-state index is 11.3. The lowest BCUT2D eigenvalue weighted by Crippen LogP contribution is -2.63. The fraction of sp³-hybridized carbons (Fsp3) is 0.929. The Kier molecular flexibility index (Phi) is 4.48. The molecule has 1 amide bonds. The van der Waals surface area contributed by atoms with Gasteiger partial charge in [0.2, 0.25) is 5.91 Å². The summed E-state index contributed by atoms with van der Waals surface area (Å²) in [5.74, 6) is 0.0923. The summed E-state index contributed by atoms with van der Waals surface area (Å²) in [6.07, 6.45) is 2.86. The van der Waals surface area contributed by atoms with Crippen molar-refractivity contribution in [2.24, 2.45) is 5.41 Å². The highest BCUT2D eigenvalue weighted by molar-refractivity contribution is 5.77. The van der Waals surface area contributed by atoms with Crippen molar-refractivity contribution in [1.82, 2.24) is 15.5 Å². The summed E-state index contributed by atoms with van der Waals surface area (Å²) >= 11 is 0. The van der Waals surface area contributed by atoms with Crippen LogP contribution in [-0.4, -0.2) is 60.8 Å². The van der Waals surface area contributed by atoms with Crippen LogP contribution in [0.2, 0.25) is 0 Å². The van der Waals surface area contributed by atoms with Crippen LogP contribution in [0, 0.1) is 5.41 Å². The Hall–Kier alpha value is -0.650. The Bertz CT molecular complexity index is 325. The number of carbonyl (C=O) groups excluding carboxylic acids is 1. The highest BCUT2D eigenvalue weighted by Crippen LogP contribution is 2.40. The SMILES string of the molecule is CNC(=O)CN1CCC(NC2CC(O)C2(C)C)CC1. The van der Waals surface area contributed by atoms with Crippen LogP contribution in [0.1, 0.15) is 33.1 Å². The standard InChI is InChI=1S/C14H27N3O2/c1-14(2)11(8-12(14)18)16-10-4-6-17(7-5-10)9-13(19)15-3/h10-12,16,18H,4-9H2,1-3H3,(H,15,19). The van der Waals surface area contributed by atoms with Gasteiger partial charge in [-0.2, -0.15) is 0 Å². The van der Waals surface area contributed by atoms with Crippen LogP contribution in [0.3, 0.4) is 0 Å². The van der Waals surface area contributed by atoms with Gasteiger partial charge in [0.15, 0.2) is 0 Å². The molecule has 0 aromatic rings. The van der Waals surface area contributed by atoms with E-state index in [0.29, 0.717) is 18.6 Å². The lowest BCUT2D eigenvalue weighted by molar-refractivity contribution is -0.122. The molecule has 2 aliphatic rings. The molecule has 0 aromatic carbocycles. The molecule has 1 heterocycles. The van der Waals surface area contributed by atoms with Gasteiger partial charge in [0.25, 0.3) is 0 Å². The molecule has 2 atom stereocenters. The van der Waals surface area contributed by atoms with E-state index in [4.69, 9.17) is 0 Å². The van der Waals surface area contributed by atoms with E-state index in [9.17, 15) is 9.90 Å². The normalized spacial score (nSPS) is 31.8. The molecule has 1 saturated heterocycles. The smallest absolute Gasteiger partial charge is 0.233 e. The van der Waals surface area contributed by atoms with Crippen LogP contribution >= 0.6 is 0 Å². The van der Waals surface area contributed by atoms with Gasteiger partial charge >= 0.3 is 0 Å². The number of piperidine rings is 1. The second-order valence-corrected chi connectivity index (χ2v) is 6.52. The Balaban J connectivity index is 1.71. The van der Waals surface area contributed by atoms with Crippen molar-refractivity contribution in [3.05, 3.63) is 0 Å². The first-order valence-electron chi connectivity index (χ1n) is 7.30. The fourth-order valence-electron chi connectivity index (χ4n) is 3.01. The summed E-state index contributed by atoms with van der Waals surface area (Å²) in [6, 6.07) is 0.954. The third-order valence-electron chi connectivity index (χ3n) is 4.89. The van der Waals surface area contributed by atoms with Gasteiger partial charge in [-0.15, -0.1) is 0 Å². The van der Waals surface area contributed by atoms with Crippen LogP contribution in [0.4, 0.5) is 0 Å². The number of nitrogens with zero attached hydrogens (tertiary/aromatic N) is 1. The number of amides is 1. The number of hydrogen-bond acceptors (Lipinski definition) is 4. The number of rotatable bonds is 4. The summed E-state index contributed by atoms with van der Waals surface area (Å²) in [6.45, 7) is 6.71. The molecule has 2 unspecified atom stereocenters. The molecule has 1 saturated carbocycles. The number of aliphatic hydroxyl groups excluding tert-OH is 1. The zero-order valence-electron chi connectivity index (χ0n) is 12.3. The number of carbonyl (C=O) groups is 1. The molecule has 5 heteroatoms. The first kappa shape index (κ1) is 14.8. The van der Waals surface area contributed by atoms with Crippen LogP contribution in [0.5, 0.6) is 0 Å². The zero-order valence-corrected chi connectivity index (χ0v) is 12.3. The number of hydrogen-bond donors (Lipinski definition) is 3. The van der Waals surface area contributed by atoms with E-state index in [-0.39, 0.29) is 17.4 Å². The predicted octanol–water partition coefficient (Wildman–Crippen LogP) is -0.0542. The van der Waals surface area contributed by atoms with Gasteiger partial charge in [-0.25, -0.2) is 0 Å². The van der Waals surface area contributed by atoms with Crippen molar-refractivity contribution in [2.45, 2.75) is 51.3 Å². The second kappa shape index (κ2) is 5.77. The Labute approximate surface area is 115 Å². The van der Waals surface area contributed by atoms with E-state index in [1.54, 1.807) is 7.05 Å². The van der Waals surface area contributed by atoms with Gasteiger partial charge in [-0.05, 0) is 19.3 Å². The first-order valence-corrected chi connectivity index (χ1v) is 7.30. The molecule has 2 rings (SSSR count). The monoisotopic (exact) mass is 269 g/mol. The van der Waals surface area contributed by atoms with Gasteiger partial charge < -0.3 is 15.7 Å². The summed E-state index contributed by atoms with van der Waals surface area (Å²) in [7, 11) is 1.68. The van der Waals surface area contributed by atoms with E-state index in [2.05, 4.69) is 29.4 Å². The molecule has 5 nitrogen and oxygen atoms in total. The first-order chi connectivity index (χ1) is 8.93. The minimum absolute atomic E-state index is 0.000763. The fourth-order valence-corrected chi connectivity index (χ4v) is 3.01. The third-order valence-corrected chi connectivity index (χ3v) is 4.89. The van der Waals surface area contributed by atoms with E-state index in [1.807, 2.05) is 0 Å².